The van der Waals surface area contributed by atoms with Crippen LogP contribution in [-0.4, -0.2) is 31.9 Å². The van der Waals surface area contributed by atoms with E-state index < -0.39 is 10.0 Å². The molecule has 0 aliphatic heterocycles. The molecule has 1 fully saturated rings. The first-order chi connectivity index (χ1) is 9.48. The Labute approximate surface area is 128 Å². The number of nitrogens with one attached hydrogen (secondary N) is 1. The predicted molar refractivity (Wildman–Crippen MR) is 80.9 cm³/mol. The van der Waals surface area contributed by atoms with Crippen molar-refractivity contribution in [1.29, 1.82) is 0 Å². The summed E-state index contributed by atoms with van der Waals surface area (Å²) < 4.78 is 32.1. The van der Waals surface area contributed by atoms with Gasteiger partial charge in [0, 0.05) is 25.2 Å². The molecular weight excluding hydrogens is 344 g/mol. The van der Waals surface area contributed by atoms with E-state index in [0.29, 0.717) is 24.9 Å². The van der Waals surface area contributed by atoms with E-state index in [1.165, 1.54) is 17.1 Å². The van der Waals surface area contributed by atoms with Gasteiger partial charge in [0.25, 0.3) is 0 Å². The fourth-order valence-corrected chi connectivity index (χ4v) is 4.25. The second-order valence-corrected chi connectivity index (χ2v) is 7.38. The lowest BCUT2D eigenvalue weighted by Gasteiger charge is -2.17. The molecule has 1 aromatic rings. The van der Waals surface area contributed by atoms with Crippen LogP contribution in [0.3, 0.4) is 0 Å². The normalized spacial score (nSPS) is 15.8. The molecule has 1 saturated carbocycles. The third kappa shape index (κ3) is 3.52. The van der Waals surface area contributed by atoms with Crippen molar-refractivity contribution in [3.05, 3.63) is 29.2 Å². The summed E-state index contributed by atoms with van der Waals surface area (Å²) in [6, 6.07) is 2.13. The van der Waals surface area contributed by atoms with Crippen LogP contribution in [0.25, 0.3) is 0 Å². The monoisotopic (exact) mass is 362 g/mol. The number of furan rings is 1. The first kappa shape index (κ1) is 15.8. The maximum absolute atomic E-state index is 12.5. The van der Waals surface area contributed by atoms with Gasteiger partial charge in [-0.25, -0.2) is 8.42 Å². The lowest BCUT2D eigenvalue weighted by atomic mass is 10.4. The quantitative estimate of drug-likeness (QED) is 0.721. The van der Waals surface area contributed by atoms with Gasteiger partial charge in [0.15, 0.2) is 4.67 Å². The van der Waals surface area contributed by atoms with Crippen LogP contribution in [0.2, 0.25) is 0 Å². The van der Waals surface area contributed by atoms with Crippen LogP contribution in [0.4, 0.5) is 0 Å². The van der Waals surface area contributed by atoms with E-state index in [4.69, 9.17) is 4.42 Å². The average Bonchev–Trinajstić information content (AvgIpc) is 3.15. The van der Waals surface area contributed by atoms with Gasteiger partial charge in [0.05, 0.1) is 6.54 Å². The van der Waals surface area contributed by atoms with Crippen molar-refractivity contribution in [2.24, 2.45) is 0 Å². The third-order valence-electron chi connectivity index (χ3n) is 3.15. The van der Waals surface area contributed by atoms with E-state index in [0.717, 1.165) is 0 Å². The Hall–Kier alpha value is -0.630. The third-order valence-corrected chi connectivity index (χ3v) is 5.95. The molecule has 0 aromatic carbocycles. The van der Waals surface area contributed by atoms with E-state index in [1.807, 2.05) is 0 Å². The number of halogens is 1. The highest BCUT2D eigenvalue weighted by Gasteiger charge is 2.28. The van der Waals surface area contributed by atoms with Crippen LogP contribution in [0.15, 0.2) is 32.7 Å². The molecule has 1 aliphatic rings. The fraction of sp³-hybridized carbons (Fsp3) is 0.538. The Morgan fingerprint density at radius 1 is 1.60 bits per heavy atom. The number of hydrogen-bond acceptors (Lipinski definition) is 4. The van der Waals surface area contributed by atoms with E-state index in [-0.39, 0.29) is 16.1 Å². The summed E-state index contributed by atoms with van der Waals surface area (Å²) in [4.78, 5) is 0.175. The SMILES string of the molecule is C=CCN(CC)S(=O)(=O)c1cc(CNC2CC2)oc1Br. The van der Waals surface area contributed by atoms with Gasteiger partial charge in [-0.05, 0) is 28.8 Å². The summed E-state index contributed by atoms with van der Waals surface area (Å²) in [6.07, 6.45) is 3.93. The Morgan fingerprint density at radius 2 is 2.30 bits per heavy atom. The van der Waals surface area contributed by atoms with Crippen LogP contribution in [0.5, 0.6) is 0 Å². The molecule has 0 saturated heterocycles. The van der Waals surface area contributed by atoms with Gasteiger partial charge in [0.2, 0.25) is 10.0 Å². The largest absolute Gasteiger partial charge is 0.452 e. The Bertz CT molecular complexity index is 578. The maximum Gasteiger partial charge on any atom is 0.247 e. The molecule has 0 atom stereocenters. The Morgan fingerprint density at radius 3 is 2.85 bits per heavy atom. The number of likely N-dealkylation sites (N-methyl/N-ethyl adjacent to an activating group) is 1. The second-order valence-electron chi connectivity index (χ2n) is 4.75. The van der Waals surface area contributed by atoms with Gasteiger partial charge >= 0.3 is 0 Å². The van der Waals surface area contributed by atoms with Crippen molar-refractivity contribution >= 4 is 26.0 Å². The van der Waals surface area contributed by atoms with Crippen LogP contribution < -0.4 is 5.32 Å². The molecule has 20 heavy (non-hydrogen) atoms. The molecule has 7 heteroatoms. The molecular formula is C13H19BrN2O3S. The zero-order valence-electron chi connectivity index (χ0n) is 11.4. The van der Waals surface area contributed by atoms with Crippen LogP contribution >= 0.6 is 15.9 Å². The highest BCUT2D eigenvalue weighted by Crippen LogP contribution is 2.29. The molecule has 1 aliphatic carbocycles. The minimum Gasteiger partial charge on any atom is -0.452 e. The molecule has 0 radical (unpaired) electrons. The average molecular weight is 363 g/mol. The zero-order valence-corrected chi connectivity index (χ0v) is 13.8. The molecule has 1 aromatic heterocycles. The van der Waals surface area contributed by atoms with Gasteiger partial charge in [-0.3, -0.25) is 0 Å². The van der Waals surface area contributed by atoms with Gasteiger partial charge in [-0.15, -0.1) is 6.58 Å². The lowest BCUT2D eigenvalue weighted by molar-refractivity contribution is 0.447. The van der Waals surface area contributed by atoms with Gasteiger partial charge in [0.1, 0.15) is 10.7 Å². The minimum absolute atomic E-state index is 0.175. The first-order valence-electron chi connectivity index (χ1n) is 6.61. The molecule has 5 nitrogen and oxygen atoms in total. The maximum atomic E-state index is 12.5. The van der Waals surface area contributed by atoms with Crippen molar-refractivity contribution < 1.29 is 12.8 Å². The van der Waals surface area contributed by atoms with Crippen LogP contribution in [0.1, 0.15) is 25.5 Å². The summed E-state index contributed by atoms with van der Waals surface area (Å²) in [5.74, 6) is 0.622. The Kier molecular flexibility index (Phi) is 5.06. The van der Waals surface area contributed by atoms with E-state index in [2.05, 4.69) is 27.8 Å². The standard InChI is InChI=1S/C13H19BrN2O3S/c1-3-7-16(4-2)20(17,18)12-8-11(19-13(12)14)9-15-10-5-6-10/h3,8,10,15H,1,4-7,9H2,2H3. The molecule has 1 N–H and O–H groups in total. The molecule has 0 unspecified atom stereocenters. The highest BCUT2D eigenvalue weighted by molar-refractivity contribution is 9.10. The summed E-state index contributed by atoms with van der Waals surface area (Å²) >= 11 is 3.20. The van der Waals surface area contributed by atoms with E-state index in [9.17, 15) is 8.42 Å². The molecule has 0 bridgehead atoms. The summed E-state index contributed by atoms with van der Waals surface area (Å²) in [7, 11) is -3.55. The van der Waals surface area contributed by atoms with Gasteiger partial charge in [-0.1, -0.05) is 13.0 Å². The number of rotatable bonds is 8. The molecule has 2 rings (SSSR count). The van der Waals surface area contributed by atoms with Crippen LogP contribution in [-0.2, 0) is 16.6 Å². The smallest absolute Gasteiger partial charge is 0.247 e. The molecule has 0 spiro atoms. The molecule has 1 heterocycles. The lowest BCUT2D eigenvalue weighted by Crippen LogP contribution is -2.31. The number of hydrogen-bond donors (Lipinski definition) is 1. The first-order valence-corrected chi connectivity index (χ1v) is 8.85. The van der Waals surface area contributed by atoms with Crippen molar-refractivity contribution in [3.8, 4) is 0 Å². The van der Waals surface area contributed by atoms with Crippen molar-refractivity contribution in [1.82, 2.24) is 9.62 Å². The molecule has 112 valence electrons. The minimum atomic E-state index is -3.55. The second kappa shape index (κ2) is 6.43. The van der Waals surface area contributed by atoms with Gasteiger partial charge < -0.3 is 9.73 Å². The highest BCUT2D eigenvalue weighted by atomic mass is 79.9. The Balaban J connectivity index is 2.18. The predicted octanol–water partition coefficient (Wildman–Crippen LogP) is 2.49. The summed E-state index contributed by atoms with van der Waals surface area (Å²) in [5, 5.41) is 3.29. The topological polar surface area (TPSA) is 62.6 Å². The summed E-state index contributed by atoms with van der Waals surface area (Å²) in [5.41, 5.74) is 0. The fourth-order valence-electron chi connectivity index (χ4n) is 1.87. The van der Waals surface area contributed by atoms with Gasteiger partial charge in [-0.2, -0.15) is 4.31 Å². The van der Waals surface area contributed by atoms with Crippen molar-refractivity contribution in [2.45, 2.75) is 37.2 Å². The van der Waals surface area contributed by atoms with E-state index >= 15 is 0 Å². The summed E-state index contributed by atoms with van der Waals surface area (Å²) in [6.45, 7) is 6.61. The number of sulfonamides is 1. The van der Waals surface area contributed by atoms with Crippen molar-refractivity contribution in [2.75, 3.05) is 13.1 Å². The van der Waals surface area contributed by atoms with E-state index in [1.54, 1.807) is 19.1 Å². The van der Waals surface area contributed by atoms with Crippen molar-refractivity contribution in [3.63, 3.8) is 0 Å². The molecule has 0 amide bonds. The van der Waals surface area contributed by atoms with Crippen LogP contribution in [0, 0.1) is 0 Å². The zero-order chi connectivity index (χ0) is 14.8. The number of nitrogens with zero attached hydrogens (tertiary/aromatic N) is 1.